The first-order valence-corrected chi connectivity index (χ1v) is 4.80. The van der Waals surface area contributed by atoms with Gasteiger partial charge in [0.25, 0.3) is 0 Å². The maximum atomic E-state index is 4.26. The van der Waals surface area contributed by atoms with Crippen LogP contribution >= 0.6 is 24.0 Å². The quantitative estimate of drug-likeness (QED) is 0.678. The maximum absolute atomic E-state index is 4.26. The average Bonchev–Trinajstić information content (AvgIpc) is 2.33. The Morgan fingerprint density at radius 2 is 2.40 bits per heavy atom. The van der Waals surface area contributed by atoms with Gasteiger partial charge < -0.3 is 0 Å². The van der Waals surface area contributed by atoms with Crippen molar-refractivity contribution in [3.05, 3.63) is 16.1 Å². The zero-order chi connectivity index (χ0) is 7.56. The van der Waals surface area contributed by atoms with Crippen molar-refractivity contribution in [1.29, 1.82) is 0 Å². The van der Waals surface area contributed by atoms with Crippen molar-refractivity contribution in [2.45, 2.75) is 25.5 Å². The van der Waals surface area contributed by atoms with Crippen LogP contribution in [0.3, 0.4) is 0 Å². The third kappa shape index (κ3) is 1.52. The molecule has 1 aromatic rings. The van der Waals surface area contributed by atoms with Gasteiger partial charge in [0.05, 0.1) is 11.2 Å². The van der Waals surface area contributed by atoms with Gasteiger partial charge in [-0.2, -0.15) is 12.6 Å². The summed E-state index contributed by atoms with van der Waals surface area (Å²) in [6.45, 7) is 4.31. The van der Waals surface area contributed by atoms with E-state index in [1.807, 2.05) is 5.51 Å². The lowest BCUT2D eigenvalue weighted by atomic mass is 10.1. The van der Waals surface area contributed by atoms with Gasteiger partial charge >= 0.3 is 0 Å². The van der Waals surface area contributed by atoms with E-state index in [1.54, 1.807) is 11.3 Å². The van der Waals surface area contributed by atoms with Gasteiger partial charge in [-0.15, -0.1) is 11.3 Å². The molecule has 0 spiro atoms. The van der Waals surface area contributed by atoms with Crippen LogP contribution in [0.2, 0.25) is 0 Å². The summed E-state index contributed by atoms with van der Waals surface area (Å²) in [4.78, 5) is 5.56. The normalized spacial score (nSPS) is 10.8. The van der Waals surface area contributed by atoms with Crippen molar-refractivity contribution in [2.24, 2.45) is 0 Å². The smallest absolute Gasteiger partial charge is 0.0798 e. The van der Waals surface area contributed by atoms with Crippen molar-refractivity contribution in [1.82, 2.24) is 4.98 Å². The molecule has 0 bridgehead atoms. The number of rotatable bonds is 2. The average molecular weight is 173 g/mol. The van der Waals surface area contributed by atoms with E-state index >= 15 is 0 Å². The molecular formula is C7H11NS2. The van der Waals surface area contributed by atoms with Crippen LogP contribution in [0.4, 0.5) is 0 Å². The highest BCUT2D eigenvalue weighted by molar-refractivity contribution is 7.79. The largest absolute Gasteiger partial charge is 0.249 e. The van der Waals surface area contributed by atoms with Crippen LogP contribution in [-0.2, 0) is 5.75 Å². The molecule has 1 rings (SSSR count). The lowest BCUT2D eigenvalue weighted by molar-refractivity contribution is 0.824. The van der Waals surface area contributed by atoms with E-state index in [-0.39, 0.29) is 0 Å². The molecule has 0 radical (unpaired) electrons. The second-order valence-corrected chi connectivity index (χ2v) is 3.73. The molecule has 0 aromatic carbocycles. The zero-order valence-corrected chi connectivity index (χ0v) is 7.88. The van der Waals surface area contributed by atoms with Crippen LogP contribution in [0, 0.1) is 0 Å². The molecule has 0 aliphatic rings. The fourth-order valence-corrected chi connectivity index (χ4v) is 2.03. The predicted molar refractivity (Wildman–Crippen MR) is 48.9 cm³/mol. The van der Waals surface area contributed by atoms with E-state index in [9.17, 15) is 0 Å². The predicted octanol–water partition coefficient (Wildman–Crippen LogP) is 2.70. The summed E-state index contributed by atoms with van der Waals surface area (Å²) in [5.41, 5.74) is 3.10. The summed E-state index contributed by atoms with van der Waals surface area (Å²) in [7, 11) is 0. The minimum absolute atomic E-state index is 0.536. The molecule has 0 aliphatic heterocycles. The molecule has 0 fully saturated rings. The summed E-state index contributed by atoms with van der Waals surface area (Å²) in [5.74, 6) is 1.35. The molecule has 0 aliphatic carbocycles. The molecular weight excluding hydrogens is 162 g/mol. The molecule has 10 heavy (non-hydrogen) atoms. The Balaban J connectivity index is 2.90. The van der Waals surface area contributed by atoms with E-state index in [0.717, 1.165) is 5.75 Å². The van der Waals surface area contributed by atoms with Crippen molar-refractivity contribution in [3.63, 3.8) is 0 Å². The summed E-state index contributed by atoms with van der Waals surface area (Å²) >= 11 is 5.90. The maximum Gasteiger partial charge on any atom is 0.0798 e. The van der Waals surface area contributed by atoms with Gasteiger partial charge in [0.1, 0.15) is 0 Å². The molecule has 0 atom stereocenters. The summed E-state index contributed by atoms with van der Waals surface area (Å²) < 4.78 is 0. The number of hydrogen-bond acceptors (Lipinski definition) is 3. The van der Waals surface area contributed by atoms with Crippen LogP contribution < -0.4 is 0 Å². The third-order valence-corrected chi connectivity index (χ3v) is 2.74. The Hall–Kier alpha value is -0.0200. The second kappa shape index (κ2) is 3.39. The fraction of sp³-hybridized carbons (Fsp3) is 0.571. The molecule has 1 heterocycles. The van der Waals surface area contributed by atoms with Crippen LogP contribution in [0.15, 0.2) is 5.51 Å². The van der Waals surface area contributed by atoms with Gasteiger partial charge in [0, 0.05) is 10.6 Å². The zero-order valence-electron chi connectivity index (χ0n) is 6.16. The standard InChI is InChI=1S/C7H11NS2/c1-5(2)7-6(3-9)10-4-8-7/h4-5,9H,3H2,1-2H3. The summed E-state index contributed by atoms with van der Waals surface area (Å²) in [6.07, 6.45) is 0. The molecule has 0 saturated carbocycles. The number of aromatic nitrogens is 1. The van der Waals surface area contributed by atoms with Crippen molar-refractivity contribution in [3.8, 4) is 0 Å². The first kappa shape index (κ1) is 8.08. The van der Waals surface area contributed by atoms with Crippen LogP contribution in [-0.4, -0.2) is 4.98 Å². The first-order chi connectivity index (χ1) is 4.75. The lowest BCUT2D eigenvalue weighted by Crippen LogP contribution is -1.90. The van der Waals surface area contributed by atoms with Crippen molar-refractivity contribution < 1.29 is 0 Å². The number of nitrogens with zero attached hydrogens (tertiary/aromatic N) is 1. The Morgan fingerprint density at radius 1 is 1.70 bits per heavy atom. The van der Waals surface area contributed by atoms with Crippen LogP contribution in [0.5, 0.6) is 0 Å². The molecule has 1 aromatic heterocycles. The Kier molecular flexibility index (Phi) is 2.74. The Labute approximate surface area is 70.9 Å². The second-order valence-electron chi connectivity index (χ2n) is 2.47. The Morgan fingerprint density at radius 3 is 2.80 bits per heavy atom. The Bertz CT molecular complexity index is 205. The molecule has 0 amide bonds. The number of thiazole rings is 1. The molecule has 0 unspecified atom stereocenters. The number of thiol groups is 1. The monoisotopic (exact) mass is 173 g/mol. The van der Waals surface area contributed by atoms with Crippen LogP contribution in [0.1, 0.15) is 30.3 Å². The minimum Gasteiger partial charge on any atom is -0.249 e. The van der Waals surface area contributed by atoms with Crippen LogP contribution in [0.25, 0.3) is 0 Å². The van der Waals surface area contributed by atoms with E-state index < -0.39 is 0 Å². The van der Waals surface area contributed by atoms with Gasteiger partial charge in [0.15, 0.2) is 0 Å². The van der Waals surface area contributed by atoms with Crippen molar-refractivity contribution >= 4 is 24.0 Å². The highest BCUT2D eigenvalue weighted by Gasteiger charge is 2.07. The molecule has 3 heteroatoms. The minimum atomic E-state index is 0.536. The highest BCUT2D eigenvalue weighted by atomic mass is 32.1. The molecule has 56 valence electrons. The molecule has 1 nitrogen and oxygen atoms in total. The van der Waals surface area contributed by atoms with Gasteiger partial charge in [-0.05, 0) is 5.92 Å². The van der Waals surface area contributed by atoms with Gasteiger partial charge in [0.2, 0.25) is 0 Å². The highest BCUT2D eigenvalue weighted by Crippen LogP contribution is 2.22. The van der Waals surface area contributed by atoms with E-state index in [4.69, 9.17) is 0 Å². The topological polar surface area (TPSA) is 12.9 Å². The summed E-state index contributed by atoms with van der Waals surface area (Å²) in [5, 5.41) is 0. The fourth-order valence-electron chi connectivity index (χ4n) is 0.868. The van der Waals surface area contributed by atoms with E-state index in [2.05, 4.69) is 31.5 Å². The SMILES string of the molecule is CC(C)c1ncsc1CS. The van der Waals surface area contributed by atoms with Gasteiger partial charge in [-0.25, -0.2) is 4.98 Å². The van der Waals surface area contributed by atoms with E-state index in [0.29, 0.717) is 5.92 Å². The molecule has 0 saturated heterocycles. The van der Waals surface area contributed by atoms with Crippen molar-refractivity contribution in [2.75, 3.05) is 0 Å². The first-order valence-electron chi connectivity index (χ1n) is 3.28. The van der Waals surface area contributed by atoms with Gasteiger partial charge in [-0.1, -0.05) is 13.8 Å². The van der Waals surface area contributed by atoms with E-state index in [1.165, 1.54) is 10.6 Å². The number of hydrogen-bond donors (Lipinski definition) is 1. The lowest BCUT2D eigenvalue weighted by Gasteiger charge is -2.01. The van der Waals surface area contributed by atoms with Gasteiger partial charge in [-0.3, -0.25) is 0 Å². The summed E-state index contributed by atoms with van der Waals surface area (Å²) in [6, 6.07) is 0. The third-order valence-electron chi connectivity index (χ3n) is 1.36. The molecule has 0 N–H and O–H groups in total.